The van der Waals surface area contributed by atoms with Crippen molar-refractivity contribution < 1.29 is 4.74 Å². The first-order valence-corrected chi connectivity index (χ1v) is 5.27. The lowest BCUT2D eigenvalue weighted by molar-refractivity contribution is 0.341. The van der Waals surface area contributed by atoms with Crippen LogP contribution in [0, 0.1) is 13.8 Å². The van der Waals surface area contributed by atoms with Gasteiger partial charge in [-0.05, 0) is 26.0 Å². The Morgan fingerprint density at radius 2 is 2.12 bits per heavy atom. The number of nitrogens with zero attached hydrogens (tertiary/aromatic N) is 4. The second-order valence-electron chi connectivity index (χ2n) is 3.97. The van der Waals surface area contributed by atoms with Crippen LogP contribution in [0.5, 0.6) is 5.88 Å². The van der Waals surface area contributed by atoms with E-state index in [4.69, 9.17) is 4.74 Å². The summed E-state index contributed by atoms with van der Waals surface area (Å²) in [7, 11) is 0. The van der Waals surface area contributed by atoms with E-state index in [1.807, 2.05) is 26.0 Å². The van der Waals surface area contributed by atoms with Gasteiger partial charge in [0.05, 0.1) is 12.3 Å². The fraction of sp³-hybridized carbons (Fsp3) is 0.364. The van der Waals surface area contributed by atoms with Crippen molar-refractivity contribution in [3.8, 4) is 11.7 Å². The summed E-state index contributed by atoms with van der Waals surface area (Å²) in [6.45, 7) is 4.67. The monoisotopic (exact) mass is 216 g/mol. The molecule has 3 rings (SSSR count). The van der Waals surface area contributed by atoms with Gasteiger partial charge >= 0.3 is 0 Å². The molecule has 5 heteroatoms. The molecule has 0 atom stereocenters. The lowest BCUT2D eigenvalue weighted by Crippen LogP contribution is -2.04. The zero-order chi connectivity index (χ0) is 11.1. The summed E-state index contributed by atoms with van der Waals surface area (Å²) >= 11 is 0. The average molecular weight is 216 g/mol. The van der Waals surface area contributed by atoms with Crippen molar-refractivity contribution in [3.63, 3.8) is 0 Å². The number of rotatable bonds is 1. The van der Waals surface area contributed by atoms with Gasteiger partial charge in [0.1, 0.15) is 0 Å². The molecule has 0 spiro atoms. The summed E-state index contributed by atoms with van der Waals surface area (Å²) in [5.41, 5.74) is 3.15. The van der Waals surface area contributed by atoms with Crippen LogP contribution in [-0.2, 0) is 6.42 Å². The average Bonchev–Trinajstić information content (AvgIpc) is 2.83. The molecule has 0 unspecified atom stereocenters. The molecule has 16 heavy (non-hydrogen) atoms. The highest BCUT2D eigenvalue weighted by molar-refractivity contribution is 5.36. The number of hydrogen-bond acceptors (Lipinski definition) is 4. The van der Waals surface area contributed by atoms with E-state index in [1.165, 1.54) is 0 Å². The first kappa shape index (κ1) is 9.33. The topological polar surface area (TPSA) is 52.8 Å². The van der Waals surface area contributed by atoms with E-state index in [-0.39, 0.29) is 0 Å². The predicted octanol–water partition coefficient (Wildman–Crippen LogP) is 1.21. The molecule has 82 valence electrons. The maximum atomic E-state index is 5.32. The third-order valence-electron chi connectivity index (χ3n) is 2.66. The highest BCUT2D eigenvalue weighted by Crippen LogP contribution is 2.23. The van der Waals surface area contributed by atoms with Crippen molar-refractivity contribution >= 4 is 0 Å². The summed E-state index contributed by atoms with van der Waals surface area (Å²) in [5.74, 6) is 1.42. The summed E-state index contributed by atoms with van der Waals surface area (Å²) in [6, 6.07) is 4.01. The number of aromatic nitrogens is 4. The predicted molar refractivity (Wildman–Crippen MR) is 57.8 cm³/mol. The minimum absolute atomic E-state index is 0.658. The van der Waals surface area contributed by atoms with Crippen molar-refractivity contribution in [2.75, 3.05) is 6.61 Å². The van der Waals surface area contributed by atoms with Gasteiger partial charge in [-0.15, -0.1) is 10.2 Å². The van der Waals surface area contributed by atoms with Crippen molar-refractivity contribution in [2.24, 2.45) is 0 Å². The van der Waals surface area contributed by atoms with Crippen molar-refractivity contribution in [1.29, 1.82) is 0 Å². The lowest BCUT2D eigenvalue weighted by atomic mass is 10.2. The smallest absolute Gasteiger partial charge is 0.236 e. The van der Waals surface area contributed by atoms with Crippen LogP contribution in [0.4, 0.5) is 0 Å². The Balaban J connectivity index is 2.10. The third-order valence-corrected chi connectivity index (χ3v) is 2.66. The first-order chi connectivity index (χ1) is 7.74. The van der Waals surface area contributed by atoms with Crippen LogP contribution in [0.15, 0.2) is 12.1 Å². The summed E-state index contributed by atoms with van der Waals surface area (Å²) in [6.07, 6.45) is 0.900. The Labute approximate surface area is 93.1 Å². The van der Waals surface area contributed by atoms with Gasteiger partial charge in [0, 0.05) is 17.7 Å². The van der Waals surface area contributed by atoms with Gasteiger partial charge in [-0.1, -0.05) is 0 Å². The summed E-state index contributed by atoms with van der Waals surface area (Å²) in [5, 5.41) is 12.6. The zero-order valence-corrected chi connectivity index (χ0v) is 9.27. The van der Waals surface area contributed by atoms with Crippen LogP contribution in [0.1, 0.15) is 17.0 Å². The Morgan fingerprint density at radius 1 is 1.25 bits per heavy atom. The molecule has 3 heterocycles. The fourth-order valence-corrected chi connectivity index (χ4v) is 1.93. The van der Waals surface area contributed by atoms with Crippen molar-refractivity contribution in [2.45, 2.75) is 20.3 Å². The van der Waals surface area contributed by atoms with Gasteiger partial charge in [0.15, 0.2) is 5.82 Å². The highest BCUT2D eigenvalue weighted by atomic mass is 16.5. The Hall–Kier alpha value is -1.91. The molecule has 0 N–H and O–H groups in total. The van der Waals surface area contributed by atoms with Gasteiger partial charge in [0.25, 0.3) is 0 Å². The van der Waals surface area contributed by atoms with Crippen LogP contribution in [0.3, 0.4) is 0 Å². The van der Waals surface area contributed by atoms with E-state index in [9.17, 15) is 0 Å². The maximum Gasteiger partial charge on any atom is 0.236 e. The van der Waals surface area contributed by atoms with Crippen LogP contribution in [-0.4, -0.2) is 26.6 Å². The van der Waals surface area contributed by atoms with Gasteiger partial charge in [-0.2, -0.15) is 5.10 Å². The van der Waals surface area contributed by atoms with E-state index < -0.39 is 0 Å². The first-order valence-electron chi connectivity index (χ1n) is 5.27. The van der Waals surface area contributed by atoms with Crippen molar-refractivity contribution in [3.05, 3.63) is 29.1 Å². The number of ether oxygens (including phenoxy) is 1. The van der Waals surface area contributed by atoms with E-state index >= 15 is 0 Å². The quantitative estimate of drug-likeness (QED) is 0.719. The van der Waals surface area contributed by atoms with Gasteiger partial charge in [-0.3, -0.25) is 0 Å². The normalized spacial score (nSPS) is 13.6. The summed E-state index contributed by atoms with van der Waals surface area (Å²) < 4.78 is 7.13. The molecule has 5 nitrogen and oxygen atoms in total. The fourth-order valence-electron chi connectivity index (χ4n) is 1.93. The Kier molecular flexibility index (Phi) is 1.92. The molecule has 0 aliphatic carbocycles. The van der Waals surface area contributed by atoms with Crippen LogP contribution in [0.25, 0.3) is 5.82 Å². The van der Waals surface area contributed by atoms with Crippen LogP contribution in [0.2, 0.25) is 0 Å². The molecule has 2 aromatic rings. The van der Waals surface area contributed by atoms with Crippen LogP contribution >= 0.6 is 0 Å². The van der Waals surface area contributed by atoms with Gasteiger partial charge in [-0.25, -0.2) is 4.68 Å². The van der Waals surface area contributed by atoms with Crippen LogP contribution < -0.4 is 4.74 Å². The standard InChI is InChI=1S/C11H12N4O/c1-7-5-8(2)15(14-7)10-6-9-3-4-16-11(9)13-12-10/h5-6H,3-4H2,1-2H3. The van der Waals surface area contributed by atoms with Gasteiger partial charge < -0.3 is 4.74 Å². The number of fused-ring (bicyclic) bond motifs is 1. The molecule has 0 amide bonds. The molecule has 1 aliphatic heterocycles. The van der Waals surface area contributed by atoms with E-state index in [2.05, 4.69) is 15.3 Å². The maximum absolute atomic E-state index is 5.32. The molecule has 0 saturated heterocycles. The van der Waals surface area contributed by atoms with Gasteiger partial charge in [0.2, 0.25) is 5.88 Å². The Morgan fingerprint density at radius 3 is 2.88 bits per heavy atom. The molecule has 2 aromatic heterocycles. The SMILES string of the molecule is Cc1cc(C)n(-c2cc3c(nn2)OCC3)n1. The molecule has 1 aliphatic rings. The lowest BCUT2D eigenvalue weighted by Gasteiger charge is -2.03. The Bertz CT molecular complexity index is 547. The number of aryl methyl sites for hydroxylation is 2. The molecule has 0 saturated carbocycles. The second kappa shape index (κ2) is 3.30. The van der Waals surface area contributed by atoms with E-state index in [1.54, 1.807) is 4.68 Å². The number of hydrogen-bond donors (Lipinski definition) is 0. The van der Waals surface area contributed by atoms with E-state index in [0.29, 0.717) is 12.5 Å². The molecular weight excluding hydrogens is 204 g/mol. The molecular formula is C11H12N4O. The molecule has 0 radical (unpaired) electrons. The minimum atomic E-state index is 0.658. The molecule has 0 bridgehead atoms. The third kappa shape index (κ3) is 1.36. The van der Waals surface area contributed by atoms with Crippen molar-refractivity contribution in [1.82, 2.24) is 20.0 Å². The summed E-state index contributed by atoms with van der Waals surface area (Å²) in [4.78, 5) is 0. The minimum Gasteiger partial charge on any atom is -0.476 e. The zero-order valence-electron chi connectivity index (χ0n) is 9.27. The molecule has 0 fully saturated rings. The highest BCUT2D eigenvalue weighted by Gasteiger charge is 2.16. The second-order valence-corrected chi connectivity index (χ2v) is 3.97. The molecule has 0 aromatic carbocycles. The largest absolute Gasteiger partial charge is 0.476 e. The van der Waals surface area contributed by atoms with E-state index in [0.717, 1.165) is 29.2 Å².